The molecule has 0 bridgehead atoms. The van der Waals surface area contributed by atoms with Crippen LogP contribution in [0.4, 0.5) is 10.5 Å². The number of para-hydroxylation sites is 1. The van der Waals surface area contributed by atoms with Gasteiger partial charge in [0.05, 0.1) is 20.8 Å². The van der Waals surface area contributed by atoms with Gasteiger partial charge in [0.1, 0.15) is 12.4 Å². The summed E-state index contributed by atoms with van der Waals surface area (Å²) in [7, 11) is 3.11. The van der Waals surface area contributed by atoms with Gasteiger partial charge in [-0.1, -0.05) is 32.0 Å². The molecule has 26 heavy (non-hydrogen) atoms. The normalized spacial score (nSPS) is 10.3. The van der Waals surface area contributed by atoms with Crippen molar-refractivity contribution in [2.45, 2.75) is 19.8 Å². The number of benzene rings is 2. The average Bonchev–Trinajstić information content (AvgIpc) is 2.65. The maximum absolute atomic E-state index is 12.0. The van der Waals surface area contributed by atoms with Gasteiger partial charge in [-0.3, -0.25) is 0 Å². The Morgan fingerprint density at radius 1 is 1.00 bits per heavy atom. The first-order valence-electron chi connectivity index (χ1n) is 8.53. The second-order valence-corrected chi connectivity index (χ2v) is 5.99. The van der Waals surface area contributed by atoms with E-state index in [1.165, 1.54) is 0 Å². The highest BCUT2D eigenvalue weighted by Gasteiger charge is 2.08. The standard InChI is InChI=1S/C20H26N2O4/c1-14(2)16-7-5-6-8-17(16)26-12-11-21-20(23)22-15-9-10-18(24-3)19(13-15)25-4/h5-10,13-14H,11-12H2,1-4H3,(H2,21,22,23). The third-order valence-corrected chi connectivity index (χ3v) is 3.83. The summed E-state index contributed by atoms with van der Waals surface area (Å²) in [5.74, 6) is 2.40. The molecule has 6 nitrogen and oxygen atoms in total. The fourth-order valence-corrected chi connectivity index (χ4v) is 2.50. The van der Waals surface area contributed by atoms with Gasteiger partial charge in [-0.05, 0) is 29.7 Å². The molecule has 2 rings (SSSR count). The number of anilines is 1. The average molecular weight is 358 g/mol. The largest absolute Gasteiger partial charge is 0.493 e. The van der Waals surface area contributed by atoms with Crippen molar-refractivity contribution >= 4 is 11.7 Å². The zero-order valence-electron chi connectivity index (χ0n) is 15.7. The minimum Gasteiger partial charge on any atom is -0.493 e. The summed E-state index contributed by atoms with van der Waals surface area (Å²) in [5.41, 5.74) is 1.77. The molecule has 0 atom stereocenters. The Balaban J connectivity index is 1.81. The smallest absolute Gasteiger partial charge is 0.319 e. The molecule has 2 aromatic carbocycles. The van der Waals surface area contributed by atoms with E-state index in [4.69, 9.17) is 14.2 Å². The Labute approximate surface area is 154 Å². The molecular formula is C20H26N2O4. The van der Waals surface area contributed by atoms with Gasteiger partial charge in [0, 0.05) is 11.8 Å². The number of nitrogens with one attached hydrogen (secondary N) is 2. The van der Waals surface area contributed by atoms with E-state index in [9.17, 15) is 4.79 Å². The van der Waals surface area contributed by atoms with Crippen LogP contribution in [0, 0.1) is 0 Å². The highest BCUT2D eigenvalue weighted by Crippen LogP contribution is 2.29. The van der Waals surface area contributed by atoms with Crippen LogP contribution in [-0.2, 0) is 0 Å². The fourth-order valence-electron chi connectivity index (χ4n) is 2.50. The molecule has 0 saturated carbocycles. The second kappa shape index (κ2) is 9.56. The van der Waals surface area contributed by atoms with E-state index >= 15 is 0 Å². The molecule has 0 heterocycles. The summed E-state index contributed by atoms with van der Waals surface area (Å²) in [6.45, 7) is 5.03. The molecule has 0 spiro atoms. The number of hydrogen-bond donors (Lipinski definition) is 2. The van der Waals surface area contributed by atoms with Crippen LogP contribution in [0.3, 0.4) is 0 Å². The van der Waals surface area contributed by atoms with Crippen LogP contribution in [-0.4, -0.2) is 33.4 Å². The quantitative estimate of drug-likeness (QED) is 0.699. The fraction of sp³-hybridized carbons (Fsp3) is 0.350. The van der Waals surface area contributed by atoms with E-state index in [1.807, 2.05) is 18.2 Å². The van der Waals surface area contributed by atoms with Crippen molar-refractivity contribution in [2.75, 3.05) is 32.7 Å². The number of amides is 2. The lowest BCUT2D eigenvalue weighted by Gasteiger charge is -2.14. The topological polar surface area (TPSA) is 68.8 Å². The van der Waals surface area contributed by atoms with Crippen molar-refractivity contribution in [3.05, 3.63) is 48.0 Å². The van der Waals surface area contributed by atoms with Gasteiger partial charge in [0.15, 0.2) is 11.5 Å². The Hall–Kier alpha value is -2.89. The zero-order valence-corrected chi connectivity index (χ0v) is 15.7. The molecule has 0 radical (unpaired) electrons. The van der Waals surface area contributed by atoms with E-state index in [1.54, 1.807) is 32.4 Å². The van der Waals surface area contributed by atoms with Gasteiger partial charge < -0.3 is 24.8 Å². The minimum atomic E-state index is -0.307. The number of carbonyl (C=O) groups is 1. The monoisotopic (exact) mass is 358 g/mol. The molecule has 0 aromatic heterocycles. The van der Waals surface area contributed by atoms with Crippen LogP contribution in [0.1, 0.15) is 25.3 Å². The van der Waals surface area contributed by atoms with Crippen molar-refractivity contribution in [3.63, 3.8) is 0 Å². The Morgan fingerprint density at radius 2 is 1.73 bits per heavy atom. The van der Waals surface area contributed by atoms with Gasteiger partial charge in [-0.2, -0.15) is 0 Å². The highest BCUT2D eigenvalue weighted by atomic mass is 16.5. The van der Waals surface area contributed by atoms with Crippen LogP contribution in [0.5, 0.6) is 17.2 Å². The Kier molecular flexibility index (Phi) is 7.14. The predicted octanol–water partition coefficient (Wildman–Crippen LogP) is 4.03. The van der Waals surface area contributed by atoms with E-state index < -0.39 is 0 Å². The van der Waals surface area contributed by atoms with E-state index in [-0.39, 0.29) is 6.03 Å². The lowest BCUT2D eigenvalue weighted by molar-refractivity contribution is 0.247. The number of urea groups is 1. The lowest BCUT2D eigenvalue weighted by Crippen LogP contribution is -2.32. The molecule has 0 aliphatic rings. The first kappa shape index (κ1) is 19.4. The maximum Gasteiger partial charge on any atom is 0.319 e. The van der Waals surface area contributed by atoms with Gasteiger partial charge in [-0.25, -0.2) is 4.79 Å². The number of carbonyl (C=O) groups excluding carboxylic acids is 1. The van der Waals surface area contributed by atoms with Crippen molar-refractivity contribution in [2.24, 2.45) is 0 Å². The Morgan fingerprint density at radius 3 is 2.42 bits per heavy atom. The number of hydrogen-bond acceptors (Lipinski definition) is 4. The molecular weight excluding hydrogens is 332 g/mol. The highest BCUT2D eigenvalue weighted by molar-refractivity contribution is 5.89. The molecule has 140 valence electrons. The van der Waals surface area contributed by atoms with Crippen LogP contribution < -0.4 is 24.8 Å². The Bertz CT molecular complexity index is 732. The summed E-state index contributed by atoms with van der Waals surface area (Å²) < 4.78 is 16.2. The van der Waals surface area contributed by atoms with Crippen LogP contribution >= 0.6 is 0 Å². The molecule has 0 aliphatic carbocycles. The summed E-state index contributed by atoms with van der Waals surface area (Å²) in [6.07, 6.45) is 0. The third-order valence-electron chi connectivity index (χ3n) is 3.83. The predicted molar refractivity (Wildman–Crippen MR) is 103 cm³/mol. The molecule has 0 aliphatic heterocycles. The second-order valence-electron chi connectivity index (χ2n) is 5.99. The first-order valence-corrected chi connectivity index (χ1v) is 8.53. The van der Waals surface area contributed by atoms with Crippen LogP contribution in [0.25, 0.3) is 0 Å². The molecule has 2 N–H and O–H groups in total. The number of rotatable bonds is 8. The molecule has 0 unspecified atom stereocenters. The first-order chi connectivity index (χ1) is 12.5. The van der Waals surface area contributed by atoms with E-state index in [0.717, 1.165) is 11.3 Å². The molecule has 6 heteroatoms. The molecule has 0 fully saturated rings. The van der Waals surface area contributed by atoms with Gasteiger partial charge in [0.2, 0.25) is 0 Å². The van der Waals surface area contributed by atoms with Gasteiger partial charge >= 0.3 is 6.03 Å². The molecule has 2 amide bonds. The maximum atomic E-state index is 12.0. The summed E-state index contributed by atoms with van der Waals surface area (Å²) in [5, 5.41) is 5.52. The van der Waals surface area contributed by atoms with Gasteiger partial charge in [-0.15, -0.1) is 0 Å². The van der Waals surface area contributed by atoms with Crippen molar-refractivity contribution < 1.29 is 19.0 Å². The van der Waals surface area contributed by atoms with E-state index in [0.29, 0.717) is 36.3 Å². The number of methoxy groups -OCH3 is 2. The third kappa shape index (κ3) is 5.31. The SMILES string of the molecule is COc1ccc(NC(=O)NCCOc2ccccc2C(C)C)cc1OC. The van der Waals surface area contributed by atoms with Crippen LogP contribution in [0.15, 0.2) is 42.5 Å². The van der Waals surface area contributed by atoms with Crippen LogP contribution in [0.2, 0.25) is 0 Å². The van der Waals surface area contributed by atoms with E-state index in [2.05, 4.69) is 30.5 Å². The minimum absolute atomic E-state index is 0.307. The van der Waals surface area contributed by atoms with Crippen molar-refractivity contribution in [1.82, 2.24) is 5.32 Å². The molecule has 0 saturated heterocycles. The number of ether oxygens (including phenoxy) is 3. The summed E-state index contributed by atoms with van der Waals surface area (Å²) in [4.78, 5) is 12.0. The molecule has 2 aromatic rings. The lowest BCUT2D eigenvalue weighted by atomic mass is 10.0. The van der Waals surface area contributed by atoms with Gasteiger partial charge in [0.25, 0.3) is 0 Å². The van der Waals surface area contributed by atoms with Crippen molar-refractivity contribution in [3.8, 4) is 17.2 Å². The zero-order chi connectivity index (χ0) is 18.9. The van der Waals surface area contributed by atoms with Crippen molar-refractivity contribution in [1.29, 1.82) is 0 Å². The summed E-state index contributed by atoms with van der Waals surface area (Å²) in [6, 6.07) is 12.8. The summed E-state index contributed by atoms with van der Waals surface area (Å²) >= 11 is 0.